The fraction of sp³-hybridized carbons (Fsp3) is 0.312. The van der Waals surface area contributed by atoms with E-state index >= 15 is 0 Å². The molecule has 19 heavy (non-hydrogen) atoms. The van der Waals surface area contributed by atoms with Crippen molar-refractivity contribution in [3.63, 3.8) is 0 Å². The van der Waals surface area contributed by atoms with Gasteiger partial charge in [0, 0.05) is 30.5 Å². The van der Waals surface area contributed by atoms with Crippen LogP contribution in [-0.4, -0.2) is 11.5 Å². The lowest BCUT2D eigenvalue weighted by Crippen LogP contribution is -2.24. The Morgan fingerprint density at radius 2 is 1.89 bits per heavy atom. The van der Waals surface area contributed by atoms with Crippen LogP contribution in [0, 0.1) is 0 Å². The number of hydrogen-bond acceptors (Lipinski definition) is 3. The van der Waals surface area contributed by atoms with Gasteiger partial charge >= 0.3 is 0 Å². The molecule has 0 radical (unpaired) electrons. The minimum absolute atomic E-state index is 0.625. The Labute approximate surface area is 115 Å². The molecule has 2 rings (SSSR count). The average molecular weight is 255 g/mol. The molecule has 0 fully saturated rings. The second-order valence-electron chi connectivity index (χ2n) is 4.66. The molecule has 1 aromatic heterocycles. The molecule has 3 nitrogen and oxygen atoms in total. The van der Waals surface area contributed by atoms with Crippen LogP contribution in [0.4, 0.5) is 11.5 Å². The van der Waals surface area contributed by atoms with E-state index in [9.17, 15) is 0 Å². The van der Waals surface area contributed by atoms with Crippen LogP contribution in [0.1, 0.15) is 25.3 Å². The van der Waals surface area contributed by atoms with Crippen LogP contribution in [-0.2, 0) is 6.54 Å². The SMILES string of the molecule is CCCCN(Cc1cccnc1N)c1ccccc1. The molecule has 2 aromatic rings. The van der Waals surface area contributed by atoms with Gasteiger partial charge < -0.3 is 10.6 Å². The van der Waals surface area contributed by atoms with Crippen molar-refractivity contribution in [3.05, 3.63) is 54.2 Å². The normalized spacial score (nSPS) is 10.4. The third kappa shape index (κ3) is 3.71. The summed E-state index contributed by atoms with van der Waals surface area (Å²) in [5.41, 5.74) is 8.26. The summed E-state index contributed by atoms with van der Waals surface area (Å²) in [4.78, 5) is 6.52. The number of benzene rings is 1. The fourth-order valence-electron chi connectivity index (χ4n) is 2.08. The molecular weight excluding hydrogens is 234 g/mol. The highest BCUT2D eigenvalue weighted by atomic mass is 15.1. The minimum atomic E-state index is 0.625. The number of nitrogens with zero attached hydrogens (tertiary/aromatic N) is 2. The van der Waals surface area contributed by atoms with Gasteiger partial charge in [0.1, 0.15) is 5.82 Å². The van der Waals surface area contributed by atoms with Crippen molar-refractivity contribution in [2.45, 2.75) is 26.3 Å². The Bertz CT molecular complexity index is 496. The molecule has 0 aliphatic rings. The predicted molar refractivity (Wildman–Crippen MR) is 81.0 cm³/mol. The van der Waals surface area contributed by atoms with E-state index in [0.29, 0.717) is 5.82 Å². The lowest BCUT2D eigenvalue weighted by atomic mass is 10.2. The molecule has 2 N–H and O–H groups in total. The number of pyridine rings is 1. The molecule has 0 saturated carbocycles. The van der Waals surface area contributed by atoms with Crippen LogP contribution < -0.4 is 10.6 Å². The van der Waals surface area contributed by atoms with Gasteiger partial charge in [-0.25, -0.2) is 4.98 Å². The van der Waals surface area contributed by atoms with E-state index in [1.54, 1.807) is 6.20 Å². The molecule has 0 saturated heterocycles. The zero-order chi connectivity index (χ0) is 13.5. The summed E-state index contributed by atoms with van der Waals surface area (Å²) >= 11 is 0. The fourth-order valence-corrected chi connectivity index (χ4v) is 2.08. The average Bonchev–Trinajstić information content (AvgIpc) is 2.46. The van der Waals surface area contributed by atoms with Crippen molar-refractivity contribution in [2.24, 2.45) is 0 Å². The first-order chi connectivity index (χ1) is 9.31. The molecule has 0 aliphatic carbocycles. The van der Waals surface area contributed by atoms with E-state index < -0.39 is 0 Å². The van der Waals surface area contributed by atoms with Gasteiger partial charge in [-0.05, 0) is 24.6 Å². The molecule has 0 aliphatic heterocycles. The maximum Gasteiger partial charge on any atom is 0.128 e. The van der Waals surface area contributed by atoms with Crippen LogP contribution in [0.5, 0.6) is 0 Å². The summed E-state index contributed by atoms with van der Waals surface area (Å²) in [5, 5.41) is 0. The number of unbranched alkanes of at least 4 members (excludes halogenated alkanes) is 1. The number of hydrogen-bond donors (Lipinski definition) is 1. The van der Waals surface area contributed by atoms with Gasteiger partial charge in [-0.3, -0.25) is 0 Å². The lowest BCUT2D eigenvalue weighted by molar-refractivity contribution is 0.716. The standard InChI is InChI=1S/C16H21N3/c1-2-3-12-19(15-9-5-4-6-10-15)13-14-8-7-11-18-16(14)17/h4-11H,2-3,12-13H2,1H3,(H2,17,18). The summed E-state index contributed by atoms with van der Waals surface area (Å²) < 4.78 is 0. The van der Waals surface area contributed by atoms with Crippen molar-refractivity contribution in [3.8, 4) is 0 Å². The molecule has 1 heterocycles. The largest absolute Gasteiger partial charge is 0.383 e. The molecule has 3 heteroatoms. The Balaban J connectivity index is 2.17. The summed E-state index contributed by atoms with van der Waals surface area (Å²) in [6.45, 7) is 4.06. The van der Waals surface area contributed by atoms with Crippen molar-refractivity contribution in [1.82, 2.24) is 4.98 Å². The van der Waals surface area contributed by atoms with E-state index in [4.69, 9.17) is 5.73 Å². The summed E-state index contributed by atoms with van der Waals surface area (Å²) in [6, 6.07) is 14.4. The van der Waals surface area contributed by atoms with Gasteiger partial charge in [-0.1, -0.05) is 37.6 Å². The molecule has 0 atom stereocenters. The third-order valence-electron chi connectivity index (χ3n) is 3.19. The molecule has 0 unspecified atom stereocenters. The zero-order valence-corrected chi connectivity index (χ0v) is 11.4. The van der Waals surface area contributed by atoms with E-state index in [1.807, 2.05) is 18.2 Å². The monoisotopic (exact) mass is 255 g/mol. The number of nitrogen functional groups attached to an aromatic ring is 1. The third-order valence-corrected chi connectivity index (χ3v) is 3.19. The van der Waals surface area contributed by atoms with Gasteiger partial charge in [0.15, 0.2) is 0 Å². The van der Waals surface area contributed by atoms with Crippen molar-refractivity contribution >= 4 is 11.5 Å². The Morgan fingerprint density at radius 1 is 1.11 bits per heavy atom. The van der Waals surface area contributed by atoms with Crippen molar-refractivity contribution in [2.75, 3.05) is 17.2 Å². The molecule has 0 spiro atoms. The highest BCUT2D eigenvalue weighted by Gasteiger charge is 2.08. The Kier molecular flexibility index (Phi) is 4.78. The summed E-state index contributed by atoms with van der Waals surface area (Å²) in [5.74, 6) is 0.625. The quantitative estimate of drug-likeness (QED) is 0.859. The number of aromatic nitrogens is 1. The first-order valence-corrected chi connectivity index (χ1v) is 6.80. The predicted octanol–water partition coefficient (Wildman–Crippen LogP) is 3.47. The van der Waals surface area contributed by atoms with E-state index in [1.165, 1.54) is 18.5 Å². The molecular formula is C16H21N3. The molecule has 0 bridgehead atoms. The molecule has 0 amide bonds. The summed E-state index contributed by atoms with van der Waals surface area (Å²) in [7, 11) is 0. The first-order valence-electron chi connectivity index (χ1n) is 6.80. The Hall–Kier alpha value is -2.03. The minimum Gasteiger partial charge on any atom is -0.383 e. The maximum atomic E-state index is 5.94. The van der Waals surface area contributed by atoms with Crippen molar-refractivity contribution < 1.29 is 0 Å². The van der Waals surface area contributed by atoms with Crippen LogP contribution >= 0.6 is 0 Å². The first kappa shape index (κ1) is 13.4. The molecule has 100 valence electrons. The second kappa shape index (κ2) is 6.78. The van der Waals surface area contributed by atoms with Gasteiger partial charge in [0.2, 0.25) is 0 Å². The zero-order valence-electron chi connectivity index (χ0n) is 11.4. The van der Waals surface area contributed by atoms with E-state index in [0.717, 1.165) is 18.7 Å². The van der Waals surface area contributed by atoms with Crippen LogP contribution in [0.3, 0.4) is 0 Å². The lowest BCUT2D eigenvalue weighted by Gasteiger charge is -2.25. The van der Waals surface area contributed by atoms with Crippen LogP contribution in [0.2, 0.25) is 0 Å². The van der Waals surface area contributed by atoms with Crippen LogP contribution in [0.25, 0.3) is 0 Å². The van der Waals surface area contributed by atoms with Gasteiger partial charge in [0.05, 0.1) is 0 Å². The number of nitrogens with two attached hydrogens (primary N) is 1. The van der Waals surface area contributed by atoms with Crippen LogP contribution in [0.15, 0.2) is 48.7 Å². The number of rotatable bonds is 6. The maximum absolute atomic E-state index is 5.94. The summed E-state index contributed by atoms with van der Waals surface area (Å²) in [6.07, 6.45) is 4.10. The molecule has 1 aromatic carbocycles. The van der Waals surface area contributed by atoms with Gasteiger partial charge in [-0.15, -0.1) is 0 Å². The number of anilines is 2. The van der Waals surface area contributed by atoms with E-state index in [2.05, 4.69) is 41.1 Å². The highest BCUT2D eigenvalue weighted by Crippen LogP contribution is 2.19. The van der Waals surface area contributed by atoms with Gasteiger partial charge in [0.25, 0.3) is 0 Å². The topological polar surface area (TPSA) is 42.2 Å². The van der Waals surface area contributed by atoms with E-state index in [-0.39, 0.29) is 0 Å². The van der Waals surface area contributed by atoms with Gasteiger partial charge in [-0.2, -0.15) is 0 Å². The van der Waals surface area contributed by atoms with Crippen molar-refractivity contribution in [1.29, 1.82) is 0 Å². The smallest absolute Gasteiger partial charge is 0.128 e. The highest BCUT2D eigenvalue weighted by molar-refractivity contribution is 5.49. The second-order valence-corrected chi connectivity index (χ2v) is 4.66. The number of para-hydroxylation sites is 1. The Morgan fingerprint density at radius 3 is 2.58 bits per heavy atom.